The Morgan fingerprint density at radius 1 is 1.14 bits per heavy atom. The zero-order valence-electron chi connectivity index (χ0n) is 11.6. The maximum Gasteiger partial charge on any atom is 0.261 e. The van der Waals surface area contributed by atoms with Crippen LogP contribution in [0.1, 0.15) is 12.5 Å². The van der Waals surface area contributed by atoms with E-state index < -0.39 is 10.0 Å². The Morgan fingerprint density at radius 3 is 2.48 bits per heavy atom. The second-order valence-corrected chi connectivity index (χ2v) is 6.01. The lowest BCUT2D eigenvalue weighted by Crippen LogP contribution is -2.13. The molecule has 0 aliphatic carbocycles. The number of sulfonamides is 1. The van der Waals surface area contributed by atoms with Crippen LogP contribution >= 0.6 is 0 Å². The fraction of sp³-hybridized carbons (Fsp3) is 0.200. The van der Waals surface area contributed by atoms with Crippen molar-refractivity contribution < 1.29 is 18.3 Å². The molecule has 0 radical (unpaired) electrons. The number of anilines is 1. The molecule has 0 amide bonds. The quantitative estimate of drug-likeness (QED) is 0.859. The minimum atomic E-state index is -3.69. The molecule has 0 bridgehead atoms. The standard InChI is InChI=1S/C15H17NO4S/c1-2-20-15-9-8-14(10-12(15)11-17)21(18,19)16-13-6-4-3-5-7-13/h3-10,16-17H,2,11H2,1H3. The van der Waals surface area contributed by atoms with Crippen LogP contribution in [-0.2, 0) is 16.6 Å². The summed E-state index contributed by atoms with van der Waals surface area (Å²) in [4.78, 5) is 0.0823. The monoisotopic (exact) mass is 307 g/mol. The Hall–Kier alpha value is -2.05. The maximum absolute atomic E-state index is 12.3. The average molecular weight is 307 g/mol. The van der Waals surface area contributed by atoms with Gasteiger partial charge in [-0.1, -0.05) is 18.2 Å². The fourth-order valence-electron chi connectivity index (χ4n) is 1.86. The van der Waals surface area contributed by atoms with E-state index in [0.29, 0.717) is 23.6 Å². The zero-order valence-corrected chi connectivity index (χ0v) is 12.4. The van der Waals surface area contributed by atoms with Crippen LogP contribution in [0.25, 0.3) is 0 Å². The minimum absolute atomic E-state index is 0.0823. The van der Waals surface area contributed by atoms with Gasteiger partial charge in [0.15, 0.2) is 0 Å². The van der Waals surface area contributed by atoms with Gasteiger partial charge >= 0.3 is 0 Å². The molecule has 2 aromatic carbocycles. The van der Waals surface area contributed by atoms with E-state index in [2.05, 4.69) is 4.72 Å². The molecule has 2 N–H and O–H groups in total. The Labute approximate surface area is 124 Å². The highest BCUT2D eigenvalue weighted by Crippen LogP contribution is 2.24. The second kappa shape index (κ2) is 6.60. The van der Waals surface area contributed by atoms with E-state index >= 15 is 0 Å². The van der Waals surface area contributed by atoms with Crippen molar-refractivity contribution >= 4 is 15.7 Å². The van der Waals surface area contributed by atoms with E-state index in [1.54, 1.807) is 36.4 Å². The molecule has 0 aliphatic rings. The van der Waals surface area contributed by atoms with Crippen LogP contribution in [0.5, 0.6) is 5.75 Å². The number of hydrogen-bond acceptors (Lipinski definition) is 4. The van der Waals surface area contributed by atoms with Crippen LogP contribution in [0.2, 0.25) is 0 Å². The zero-order chi connectivity index (χ0) is 15.3. The van der Waals surface area contributed by atoms with Crippen LogP contribution < -0.4 is 9.46 Å². The number of benzene rings is 2. The Balaban J connectivity index is 2.32. The predicted octanol–water partition coefficient (Wildman–Crippen LogP) is 2.38. The topological polar surface area (TPSA) is 75.6 Å². The van der Waals surface area contributed by atoms with Crippen molar-refractivity contribution in [3.63, 3.8) is 0 Å². The van der Waals surface area contributed by atoms with Gasteiger partial charge in [0, 0.05) is 11.3 Å². The first kappa shape index (κ1) is 15.3. The highest BCUT2D eigenvalue weighted by molar-refractivity contribution is 7.92. The van der Waals surface area contributed by atoms with Crippen LogP contribution in [0, 0.1) is 0 Å². The number of nitrogens with one attached hydrogen (secondary N) is 1. The van der Waals surface area contributed by atoms with Gasteiger partial charge in [-0.25, -0.2) is 8.42 Å². The normalized spacial score (nSPS) is 11.1. The van der Waals surface area contributed by atoms with Crippen molar-refractivity contribution in [2.45, 2.75) is 18.4 Å². The average Bonchev–Trinajstić information content (AvgIpc) is 2.48. The minimum Gasteiger partial charge on any atom is -0.494 e. The molecule has 0 aromatic heterocycles. The number of hydrogen-bond donors (Lipinski definition) is 2. The Morgan fingerprint density at radius 2 is 1.86 bits per heavy atom. The highest BCUT2D eigenvalue weighted by Gasteiger charge is 2.16. The van der Waals surface area contributed by atoms with E-state index in [1.807, 2.05) is 6.92 Å². The van der Waals surface area contributed by atoms with Gasteiger partial charge in [-0.2, -0.15) is 0 Å². The molecule has 21 heavy (non-hydrogen) atoms. The van der Waals surface area contributed by atoms with Crippen LogP contribution in [0.4, 0.5) is 5.69 Å². The van der Waals surface area contributed by atoms with E-state index in [9.17, 15) is 13.5 Å². The van der Waals surface area contributed by atoms with Crippen molar-refractivity contribution in [1.29, 1.82) is 0 Å². The molecule has 2 rings (SSSR count). The summed E-state index contributed by atoms with van der Waals surface area (Å²) in [5.41, 5.74) is 0.921. The smallest absolute Gasteiger partial charge is 0.261 e. The predicted molar refractivity (Wildman–Crippen MR) is 80.8 cm³/mol. The lowest BCUT2D eigenvalue weighted by atomic mass is 10.2. The first-order chi connectivity index (χ1) is 10.1. The second-order valence-electron chi connectivity index (χ2n) is 4.33. The summed E-state index contributed by atoms with van der Waals surface area (Å²) in [7, 11) is -3.69. The molecule has 112 valence electrons. The maximum atomic E-state index is 12.3. The van der Waals surface area contributed by atoms with Crippen molar-refractivity contribution in [3.8, 4) is 5.75 Å². The summed E-state index contributed by atoms with van der Waals surface area (Å²) >= 11 is 0. The molecule has 0 aliphatic heterocycles. The molecule has 0 saturated heterocycles. The lowest BCUT2D eigenvalue weighted by molar-refractivity contribution is 0.266. The number of para-hydroxylation sites is 1. The number of aliphatic hydroxyl groups excluding tert-OH is 1. The number of rotatable bonds is 6. The third kappa shape index (κ3) is 3.74. The molecule has 0 atom stereocenters. The van der Waals surface area contributed by atoms with Gasteiger partial charge in [0.1, 0.15) is 5.75 Å². The SMILES string of the molecule is CCOc1ccc(S(=O)(=O)Nc2ccccc2)cc1CO. The van der Waals surface area contributed by atoms with E-state index in [-0.39, 0.29) is 11.5 Å². The summed E-state index contributed by atoms with van der Waals surface area (Å²) < 4.78 is 32.4. The summed E-state index contributed by atoms with van der Waals surface area (Å²) in [5.74, 6) is 0.485. The molecule has 0 fully saturated rings. The molecule has 0 saturated carbocycles. The summed E-state index contributed by atoms with van der Waals surface area (Å²) in [6, 6.07) is 13.0. The van der Waals surface area contributed by atoms with Gasteiger partial charge in [-0.05, 0) is 37.3 Å². The Kier molecular flexibility index (Phi) is 4.82. The molecule has 0 unspecified atom stereocenters. The van der Waals surface area contributed by atoms with E-state index in [4.69, 9.17) is 4.74 Å². The van der Waals surface area contributed by atoms with E-state index in [1.165, 1.54) is 12.1 Å². The third-order valence-electron chi connectivity index (χ3n) is 2.84. The van der Waals surface area contributed by atoms with Crippen molar-refractivity contribution in [3.05, 3.63) is 54.1 Å². The van der Waals surface area contributed by atoms with Gasteiger partial charge in [0.2, 0.25) is 0 Å². The summed E-state index contributed by atoms with van der Waals surface area (Å²) in [6.07, 6.45) is 0. The third-order valence-corrected chi connectivity index (χ3v) is 4.22. The highest BCUT2D eigenvalue weighted by atomic mass is 32.2. The van der Waals surface area contributed by atoms with Crippen LogP contribution in [-0.4, -0.2) is 20.1 Å². The summed E-state index contributed by atoms with van der Waals surface area (Å²) in [6.45, 7) is 1.98. The largest absolute Gasteiger partial charge is 0.494 e. The lowest BCUT2D eigenvalue weighted by Gasteiger charge is -2.12. The molecular weight excluding hydrogens is 290 g/mol. The first-order valence-corrected chi connectivity index (χ1v) is 7.99. The molecule has 0 spiro atoms. The number of aliphatic hydroxyl groups is 1. The van der Waals surface area contributed by atoms with Crippen molar-refractivity contribution in [1.82, 2.24) is 0 Å². The van der Waals surface area contributed by atoms with Crippen molar-refractivity contribution in [2.75, 3.05) is 11.3 Å². The Bertz CT molecular complexity index is 699. The molecule has 6 heteroatoms. The van der Waals surface area contributed by atoms with E-state index in [0.717, 1.165) is 0 Å². The number of ether oxygens (including phenoxy) is 1. The molecule has 2 aromatic rings. The van der Waals surface area contributed by atoms with Gasteiger partial charge < -0.3 is 9.84 Å². The first-order valence-electron chi connectivity index (χ1n) is 6.51. The van der Waals surface area contributed by atoms with Crippen LogP contribution in [0.15, 0.2) is 53.4 Å². The fourth-order valence-corrected chi connectivity index (χ4v) is 2.97. The van der Waals surface area contributed by atoms with Crippen molar-refractivity contribution in [2.24, 2.45) is 0 Å². The van der Waals surface area contributed by atoms with Crippen LogP contribution in [0.3, 0.4) is 0 Å². The van der Waals surface area contributed by atoms with Gasteiger partial charge in [0.05, 0.1) is 18.1 Å². The van der Waals surface area contributed by atoms with Gasteiger partial charge in [0.25, 0.3) is 10.0 Å². The molecule has 0 heterocycles. The molecule has 5 nitrogen and oxygen atoms in total. The summed E-state index contributed by atoms with van der Waals surface area (Å²) in [5, 5.41) is 9.33. The van der Waals surface area contributed by atoms with Gasteiger partial charge in [-0.3, -0.25) is 4.72 Å². The van der Waals surface area contributed by atoms with Gasteiger partial charge in [-0.15, -0.1) is 0 Å². The molecular formula is C15H17NO4S.